The second-order valence-electron chi connectivity index (χ2n) is 4.81. The number of hydrogen-bond acceptors (Lipinski definition) is 4. The van der Waals surface area contributed by atoms with Gasteiger partial charge in [-0.3, -0.25) is 0 Å². The molecule has 4 heteroatoms. The minimum Gasteiger partial charge on any atom is -0.465 e. The number of carbonyl (C=O) groups excluding carboxylic acids is 1. The van der Waals surface area contributed by atoms with E-state index in [0.29, 0.717) is 11.5 Å². The Balaban J connectivity index is 1.74. The zero-order valence-electron chi connectivity index (χ0n) is 10.6. The average molecular weight is 249 g/mol. The highest BCUT2D eigenvalue weighted by molar-refractivity contribution is 5.89. The van der Waals surface area contributed by atoms with E-state index in [1.165, 1.54) is 7.11 Å². The van der Waals surface area contributed by atoms with Crippen molar-refractivity contribution in [2.24, 2.45) is 5.92 Å². The maximum Gasteiger partial charge on any atom is 0.337 e. The normalized spacial score (nSPS) is 22.3. The van der Waals surface area contributed by atoms with Crippen LogP contribution in [0, 0.1) is 5.92 Å². The molecule has 1 aromatic rings. The molecular weight excluding hydrogens is 230 g/mol. The molecule has 0 atom stereocenters. The second-order valence-corrected chi connectivity index (χ2v) is 4.81. The Labute approximate surface area is 107 Å². The fourth-order valence-electron chi connectivity index (χ4n) is 2.16. The zero-order valence-corrected chi connectivity index (χ0v) is 10.6. The lowest BCUT2D eigenvalue weighted by Crippen LogP contribution is -2.35. The number of methoxy groups -OCH3 is 1. The van der Waals surface area contributed by atoms with Crippen molar-refractivity contribution in [3.05, 3.63) is 35.4 Å². The van der Waals surface area contributed by atoms with Gasteiger partial charge in [0.25, 0.3) is 0 Å². The van der Waals surface area contributed by atoms with Crippen molar-refractivity contribution in [3.8, 4) is 0 Å². The molecule has 0 radical (unpaired) electrons. The van der Waals surface area contributed by atoms with Crippen LogP contribution < -0.4 is 5.32 Å². The highest BCUT2D eigenvalue weighted by atomic mass is 16.5. The Hall–Kier alpha value is -1.39. The summed E-state index contributed by atoms with van der Waals surface area (Å²) < 4.78 is 4.64. The maximum absolute atomic E-state index is 11.2. The van der Waals surface area contributed by atoms with Crippen molar-refractivity contribution < 1.29 is 14.6 Å². The molecule has 0 saturated heterocycles. The van der Waals surface area contributed by atoms with Crippen LogP contribution in [0.5, 0.6) is 0 Å². The summed E-state index contributed by atoms with van der Waals surface area (Å²) >= 11 is 0. The van der Waals surface area contributed by atoms with E-state index < -0.39 is 0 Å². The maximum atomic E-state index is 11.2. The SMILES string of the molecule is COC(=O)c1ccc(CNCC2CC(O)C2)cc1. The van der Waals surface area contributed by atoms with E-state index in [1.54, 1.807) is 12.1 Å². The summed E-state index contributed by atoms with van der Waals surface area (Å²) in [6.07, 6.45) is 1.74. The van der Waals surface area contributed by atoms with Gasteiger partial charge in [0, 0.05) is 6.54 Å². The summed E-state index contributed by atoms with van der Waals surface area (Å²) in [6, 6.07) is 7.40. The van der Waals surface area contributed by atoms with Crippen LogP contribution in [-0.4, -0.2) is 30.8 Å². The molecule has 0 unspecified atom stereocenters. The van der Waals surface area contributed by atoms with Gasteiger partial charge in [-0.05, 0) is 43.0 Å². The van der Waals surface area contributed by atoms with E-state index in [2.05, 4.69) is 10.1 Å². The minimum absolute atomic E-state index is 0.0869. The quantitative estimate of drug-likeness (QED) is 0.773. The summed E-state index contributed by atoms with van der Waals surface area (Å²) in [5.41, 5.74) is 1.71. The van der Waals surface area contributed by atoms with Crippen LogP contribution in [0.4, 0.5) is 0 Å². The molecular formula is C14H19NO3. The van der Waals surface area contributed by atoms with Crippen LogP contribution in [0.1, 0.15) is 28.8 Å². The molecule has 0 amide bonds. The highest BCUT2D eigenvalue weighted by Gasteiger charge is 2.26. The topological polar surface area (TPSA) is 58.6 Å². The molecule has 4 nitrogen and oxygen atoms in total. The number of hydrogen-bond donors (Lipinski definition) is 2. The summed E-state index contributed by atoms with van der Waals surface area (Å²) in [5, 5.41) is 12.5. The van der Waals surface area contributed by atoms with Gasteiger partial charge in [-0.1, -0.05) is 12.1 Å². The Morgan fingerprint density at radius 1 is 1.39 bits per heavy atom. The molecule has 1 aliphatic rings. The summed E-state index contributed by atoms with van der Waals surface area (Å²) in [6.45, 7) is 1.73. The third kappa shape index (κ3) is 3.31. The van der Waals surface area contributed by atoms with Gasteiger partial charge in [0.05, 0.1) is 18.8 Å². The molecule has 1 saturated carbocycles. The lowest BCUT2D eigenvalue weighted by atomic mass is 9.82. The molecule has 2 N–H and O–H groups in total. The zero-order chi connectivity index (χ0) is 13.0. The van der Waals surface area contributed by atoms with E-state index >= 15 is 0 Å². The first-order valence-electron chi connectivity index (χ1n) is 6.25. The van der Waals surface area contributed by atoms with Crippen molar-refractivity contribution in [2.45, 2.75) is 25.5 Å². The molecule has 18 heavy (non-hydrogen) atoms. The molecule has 1 aromatic carbocycles. The Bertz CT molecular complexity index is 396. The number of esters is 1. The van der Waals surface area contributed by atoms with Crippen LogP contribution >= 0.6 is 0 Å². The summed E-state index contributed by atoms with van der Waals surface area (Å²) in [7, 11) is 1.38. The predicted octanol–water partition coefficient (Wildman–Crippen LogP) is 1.33. The van der Waals surface area contributed by atoms with Crippen LogP contribution in [0.2, 0.25) is 0 Å². The number of ether oxygens (including phenoxy) is 1. The third-order valence-corrected chi connectivity index (χ3v) is 3.35. The lowest BCUT2D eigenvalue weighted by Gasteiger charge is -2.31. The highest BCUT2D eigenvalue weighted by Crippen LogP contribution is 2.26. The minimum atomic E-state index is -0.307. The monoisotopic (exact) mass is 249 g/mol. The Morgan fingerprint density at radius 2 is 2.06 bits per heavy atom. The second kappa shape index (κ2) is 5.98. The van der Waals surface area contributed by atoms with E-state index in [9.17, 15) is 4.79 Å². The molecule has 0 heterocycles. The first kappa shape index (κ1) is 13.1. The Morgan fingerprint density at radius 3 is 2.61 bits per heavy atom. The van der Waals surface area contributed by atoms with Crippen molar-refractivity contribution in [3.63, 3.8) is 0 Å². The van der Waals surface area contributed by atoms with Crippen molar-refractivity contribution in [1.29, 1.82) is 0 Å². The van der Waals surface area contributed by atoms with Crippen LogP contribution in [0.3, 0.4) is 0 Å². The largest absolute Gasteiger partial charge is 0.465 e. The summed E-state index contributed by atoms with van der Waals surface area (Å²) in [4.78, 5) is 11.2. The smallest absolute Gasteiger partial charge is 0.337 e. The third-order valence-electron chi connectivity index (χ3n) is 3.35. The molecule has 1 aliphatic carbocycles. The first-order valence-corrected chi connectivity index (χ1v) is 6.25. The van der Waals surface area contributed by atoms with Crippen molar-refractivity contribution in [2.75, 3.05) is 13.7 Å². The predicted molar refractivity (Wildman–Crippen MR) is 68.2 cm³/mol. The van der Waals surface area contributed by atoms with Crippen LogP contribution in [0.15, 0.2) is 24.3 Å². The number of nitrogens with one attached hydrogen (secondary N) is 1. The van der Waals surface area contributed by atoms with Crippen molar-refractivity contribution in [1.82, 2.24) is 5.32 Å². The summed E-state index contributed by atoms with van der Waals surface area (Å²) in [5.74, 6) is 0.298. The van der Waals surface area contributed by atoms with Gasteiger partial charge >= 0.3 is 5.97 Å². The van der Waals surface area contributed by atoms with Crippen molar-refractivity contribution >= 4 is 5.97 Å². The first-order chi connectivity index (χ1) is 8.69. The average Bonchev–Trinajstić information content (AvgIpc) is 2.36. The molecule has 98 valence electrons. The van der Waals surface area contributed by atoms with Crippen LogP contribution in [-0.2, 0) is 11.3 Å². The molecule has 2 rings (SSSR count). The lowest BCUT2D eigenvalue weighted by molar-refractivity contribution is 0.0429. The van der Waals surface area contributed by atoms with Gasteiger partial charge in [-0.25, -0.2) is 4.79 Å². The fourth-order valence-corrected chi connectivity index (χ4v) is 2.16. The van der Waals surface area contributed by atoms with Crippen LogP contribution in [0.25, 0.3) is 0 Å². The number of benzene rings is 1. The van der Waals surface area contributed by atoms with E-state index in [4.69, 9.17) is 5.11 Å². The van der Waals surface area contributed by atoms with E-state index in [0.717, 1.165) is 31.5 Å². The van der Waals surface area contributed by atoms with Gasteiger partial charge in [0.1, 0.15) is 0 Å². The Kier molecular flexibility index (Phi) is 4.33. The molecule has 0 aromatic heterocycles. The standard InChI is InChI=1S/C14H19NO3/c1-18-14(17)12-4-2-10(3-5-12)8-15-9-11-6-13(16)7-11/h2-5,11,13,15-16H,6-9H2,1H3. The van der Waals surface area contributed by atoms with Gasteiger partial charge in [0.2, 0.25) is 0 Å². The van der Waals surface area contributed by atoms with Gasteiger partial charge in [-0.2, -0.15) is 0 Å². The molecule has 0 bridgehead atoms. The van der Waals surface area contributed by atoms with E-state index in [1.807, 2.05) is 12.1 Å². The van der Waals surface area contributed by atoms with Gasteiger partial charge in [0.15, 0.2) is 0 Å². The number of carbonyl (C=O) groups is 1. The van der Waals surface area contributed by atoms with E-state index in [-0.39, 0.29) is 12.1 Å². The number of rotatable bonds is 5. The van der Waals surface area contributed by atoms with Gasteiger partial charge in [-0.15, -0.1) is 0 Å². The molecule has 0 aliphatic heterocycles. The molecule has 1 fully saturated rings. The number of aliphatic hydroxyl groups excluding tert-OH is 1. The molecule has 0 spiro atoms. The fraction of sp³-hybridized carbons (Fsp3) is 0.500. The van der Waals surface area contributed by atoms with Gasteiger partial charge < -0.3 is 15.2 Å². The number of aliphatic hydroxyl groups is 1.